The number of unbranched alkanes of at least 4 members (excludes halogenated alkanes) is 1. The van der Waals surface area contributed by atoms with Crippen LogP contribution in [-0.4, -0.2) is 48.4 Å². The third kappa shape index (κ3) is 5.65. The molecular formula is C30H38N4O2. The average molecular weight is 487 g/mol. The number of hydrogen-bond donors (Lipinski definition) is 0. The normalized spacial score (nSPS) is 15.4. The number of aromatic nitrogens is 2. The van der Waals surface area contributed by atoms with Crippen molar-refractivity contribution >= 4 is 5.82 Å². The van der Waals surface area contributed by atoms with E-state index in [4.69, 9.17) is 19.7 Å². The number of hydrogen-bond acceptors (Lipinski definition) is 6. The summed E-state index contributed by atoms with van der Waals surface area (Å²) >= 11 is 0. The number of rotatable bonds is 9. The fourth-order valence-corrected chi connectivity index (χ4v) is 5.30. The van der Waals surface area contributed by atoms with Crippen molar-refractivity contribution in [3.63, 3.8) is 0 Å². The van der Waals surface area contributed by atoms with Gasteiger partial charge in [0.15, 0.2) is 17.3 Å². The van der Waals surface area contributed by atoms with Crippen LogP contribution in [0.5, 0.6) is 11.5 Å². The molecule has 1 fully saturated rings. The largest absolute Gasteiger partial charge is 0.486 e. The van der Waals surface area contributed by atoms with E-state index in [9.17, 15) is 0 Å². The van der Waals surface area contributed by atoms with E-state index in [0.717, 1.165) is 74.0 Å². The zero-order valence-corrected chi connectivity index (χ0v) is 21.7. The molecule has 1 aromatic heterocycles. The third-order valence-electron chi connectivity index (χ3n) is 7.14. The molecule has 3 aromatic rings. The summed E-state index contributed by atoms with van der Waals surface area (Å²) in [5.41, 5.74) is 6.10. The maximum Gasteiger partial charge on any atom is 0.161 e. The third-order valence-corrected chi connectivity index (χ3v) is 7.14. The van der Waals surface area contributed by atoms with Crippen molar-refractivity contribution in [3.8, 4) is 22.8 Å². The van der Waals surface area contributed by atoms with Crippen LogP contribution < -0.4 is 14.4 Å². The Balaban J connectivity index is 1.49. The van der Waals surface area contributed by atoms with Crippen molar-refractivity contribution in [1.82, 2.24) is 15.1 Å². The molecule has 0 aliphatic carbocycles. The SMILES string of the molecule is CCCCc1c(-c2ccccc2)nnc(N2CCCCC2)c1CN(C)Cc1ccc2c(c1)OCCO2. The van der Waals surface area contributed by atoms with Crippen molar-refractivity contribution in [2.45, 2.75) is 58.5 Å². The molecule has 0 N–H and O–H groups in total. The first-order valence-corrected chi connectivity index (χ1v) is 13.5. The summed E-state index contributed by atoms with van der Waals surface area (Å²) in [6.07, 6.45) is 7.06. The van der Waals surface area contributed by atoms with Crippen LogP contribution in [0.25, 0.3) is 11.3 Å². The molecule has 0 saturated carbocycles. The lowest BCUT2D eigenvalue weighted by Gasteiger charge is -2.31. The Bertz CT molecular complexity index is 1150. The minimum absolute atomic E-state index is 0.608. The second-order valence-electron chi connectivity index (χ2n) is 10.00. The fourth-order valence-electron chi connectivity index (χ4n) is 5.30. The van der Waals surface area contributed by atoms with Crippen LogP contribution >= 0.6 is 0 Å². The molecule has 190 valence electrons. The quantitative estimate of drug-likeness (QED) is 0.376. The Morgan fingerprint density at radius 3 is 2.42 bits per heavy atom. The van der Waals surface area contributed by atoms with Gasteiger partial charge in [-0.1, -0.05) is 49.7 Å². The predicted octanol–water partition coefficient (Wildman–Crippen LogP) is 5.88. The average Bonchev–Trinajstić information content (AvgIpc) is 2.93. The molecule has 0 atom stereocenters. The van der Waals surface area contributed by atoms with Gasteiger partial charge in [-0.3, -0.25) is 4.90 Å². The van der Waals surface area contributed by atoms with Gasteiger partial charge in [0, 0.05) is 37.3 Å². The van der Waals surface area contributed by atoms with Crippen molar-refractivity contribution in [1.29, 1.82) is 0 Å². The van der Waals surface area contributed by atoms with Gasteiger partial charge in [-0.05, 0) is 62.4 Å². The Hall–Kier alpha value is -3.12. The first-order valence-electron chi connectivity index (χ1n) is 13.5. The van der Waals surface area contributed by atoms with E-state index in [0.29, 0.717) is 13.2 Å². The molecule has 6 heteroatoms. The number of benzene rings is 2. The maximum absolute atomic E-state index is 5.82. The van der Waals surface area contributed by atoms with Crippen LogP contribution in [-0.2, 0) is 19.5 Å². The van der Waals surface area contributed by atoms with Crippen molar-refractivity contribution in [2.75, 3.05) is 38.3 Å². The summed E-state index contributed by atoms with van der Waals surface area (Å²) in [4.78, 5) is 4.86. The van der Waals surface area contributed by atoms with Gasteiger partial charge in [0.05, 0.1) is 5.69 Å². The highest BCUT2D eigenvalue weighted by molar-refractivity contribution is 5.67. The zero-order chi connectivity index (χ0) is 24.7. The van der Waals surface area contributed by atoms with Gasteiger partial charge in [-0.2, -0.15) is 0 Å². The Labute approximate surface area is 215 Å². The highest BCUT2D eigenvalue weighted by atomic mass is 16.6. The Kier molecular flexibility index (Phi) is 8.01. The summed E-state index contributed by atoms with van der Waals surface area (Å²) in [5, 5.41) is 9.71. The van der Waals surface area contributed by atoms with Gasteiger partial charge >= 0.3 is 0 Å². The van der Waals surface area contributed by atoms with Gasteiger partial charge < -0.3 is 14.4 Å². The van der Waals surface area contributed by atoms with E-state index in [-0.39, 0.29) is 0 Å². The second-order valence-corrected chi connectivity index (χ2v) is 10.00. The summed E-state index contributed by atoms with van der Waals surface area (Å²) in [7, 11) is 2.20. The van der Waals surface area contributed by atoms with Crippen molar-refractivity contribution < 1.29 is 9.47 Å². The number of anilines is 1. The van der Waals surface area contributed by atoms with Gasteiger partial charge in [0.25, 0.3) is 0 Å². The minimum atomic E-state index is 0.608. The van der Waals surface area contributed by atoms with Gasteiger partial charge in [-0.15, -0.1) is 10.2 Å². The highest BCUT2D eigenvalue weighted by Crippen LogP contribution is 2.34. The second kappa shape index (κ2) is 11.7. The molecule has 5 rings (SSSR count). The molecule has 0 bridgehead atoms. The lowest BCUT2D eigenvalue weighted by Crippen LogP contribution is -2.33. The lowest BCUT2D eigenvalue weighted by atomic mass is 9.96. The molecule has 0 spiro atoms. The first-order chi connectivity index (χ1) is 17.7. The van der Waals surface area contributed by atoms with Crippen LogP contribution in [0.15, 0.2) is 48.5 Å². The van der Waals surface area contributed by atoms with E-state index in [1.165, 1.54) is 36.0 Å². The molecule has 3 heterocycles. The molecule has 2 aliphatic heterocycles. The minimum Gasteiger partial charge on any atom is -0.486 e. The summed E-state index contributed by atoms with van der Waals surface area (Å²) in [5.74, 6) is 2.77. The van der Waals surface area contributed by atoms with E-state index < -0.39 is 0 Å². The van der Waals surface area contributed by atoms with Crippen molar-refractivity contribution in [2.24, 2.45) is 0 Å². The van der Waals surface area contributed by atoms with Gasteiger partial charge in [0.1, 0.15) is 13.2 Å². The number of piperidine rings is 1. The molecule has 2 aromatic carbocycles. The molecule has 0 radical (unpaired) electrons. The lowest BCUT2D eigenvalue weighted by molar-refractivity contribution is 0.171. The molecule has 0 amide bonds. The topological polar surface area (TPSA) is 50.7 Å². The monoisotopic (exact) mass is 486 g/mol. The van der Waals surface area contributed by atoms with Crippen LogP contribution in [0, 0.1) is 0 Å². The van der Waals surface area contributed by atoms with Gasteiger partial charge in [0.2, 0.25) is 0 Å². The first kappa shape index (κ1) is 24.6. The summed E-state index contributed by atoms with van der Waals surface area (Å²) in [6.45, 7) is 7.26. The summed E-state index contributed by atoms with van der Waals surface area (Å²) < 4.78 is 11.5. The van der Waals surface area contributed by atoms with E-state index in [2.05, 4.69) is 66.2 Å². The number of nitrogens with zero attached hydrogens (tertiary/aromatic N) is 4. The number of ether oxygens (including phenoxy) is 2. The molecule has 0 unspecified atom stereocenters. The number of fused-ring (bicyclic) bond motifs is 1. The Morgan fingerprint density at radius 2 is 1.64 bits per heavy atom. The molecule has 1 saturated heterocycles. The fraction of sp³-hybridized carbons (Fsp3) is 0.467. The van der Waals surface area contributed by atoms with Crippen LogP contribution in [0.1, 0.15) is 55.7 Å². The van der Waals surface area contributed by atoms with E-state index in [1.54, 1.807) is 0 Å². The molecule has 36 heavy (non-hydrogen) atoms. The van der Waals surface area contributed by atoms with E-state index in [1.807, 2.05) is 6.07 Å². The van der Waals surface area contributed by atoms with E-state index >= 15 is 0 Å². The van der Waals surface area contributed by atoms with Crippen molar-refractivity contribution in [3.05, 3.63) is 65.2 Å². The molecular weight excluding hydrogens is 448 g/mol. The highest BCUT2D eigenvalue weighted by Gasteiger charge is 2.24. The zero-order valence-electron chi connectivity index (χ0n) is 21.7. The molecule has 2 aliphatic rings. The maximum atomic E-state index is 5.82. The standard InChI is InChI=1S/C30H38N4O2/c1-3-4-13-25-26(22-33(2)21-23-14-15-27-28(20-23)36-19-18-35-27)30(34-16-9-6-10-17-34)32-31-29(25)24-11-7-5-8-12-24/h5,7-8,11-12,14-15,20H,3-4,6,9-10,13,16-19,21-22H2,1-2H3. The summed E-state index contributed by atoms with van der Waals surface area (Å²) in [6, 6.07) is 16.9. The smallest absolute Gasteiger partial charge is 0.161 e. The van der Waals surface area contributed by atoms with Gasteiger partial charge in [-0.25, -0.2) is 0 Å². The predicted molar refractivity (Wildman–Crippen MR) is 145 cm³/mol. The van der Waals surface area contributed by atoms with Crippen LogP contribution in [0.3, 0.4) is 0 Å². The Morgan fingerprint density at radius 1 is 0.861 bits per heavy atom. The van der Waals surface area contributed by atoms with Crippen LogP contribution in [0.4, 0.5) is 5.82 Å². The van der Waals surface area contributed by atoms with Crippen LogP contribution in [0.2, 0.25) is 0 Å². The molecule has 6 nitrogen and oxygen atoms in total.